The number of thiazole rings is 1. The first-order chi connectivity index (χ1) is 9.19. The van der Waals surface area contributed by atoms with Crippen LogP contribution in [0.15, 0.2) is 10.4 Å². The van der Waals surface area contributed by atoms with Gasteiger partial charge in [-0.25, -0.2) is 4.98 Å². The van der Waals surface area contributed by atoms with E-state index in [-0.39, 0.29) is 0 Å². The van der Waals surface area contributed by atoms with Gasteiger partial charge in [0.1, 0.15) is 0 Å². The molecule has 2 N–H and O–H groups in total. The van der Waals surface area contributed by atoms with Crippen molar-refractivity contribution in [2.75, 3.05) is 20.1 Å². The summed E-state index contributed by atoms with van der Waals surface area (Å²) in [5.41, 5.74) is 1.18. The van der Waals surface area contributed by atoms with Gasteiger partial charge in [0.2, 0.25) is 0 Å². The van der Waals surface area contributed by atoms with Gasteiger partial charge in [0, 0.05) is 37.9 Å². The number of aromatic nitrogens is 1. The number of nitrogens with one attached hydrogen (secondary N) is 2. The second-order valence-electron chi connectivity index (χ2n) is 5.41. The maximum Gasteiger partial charge on any atom is 0.190 e. The summed E-state index contributed by atoms with van der Waals surface area (Å²) in [6.45, 7) is 6.30. The van der Waals surface area contributed by atoms with Crippen LogP contribution in [0.1, 0.15) is 43.3 Å². The number of nitrogens with zero attached hydrogens (tertiary/aromatic N) is 2. The molecule has 0 aliphatic heterocycles. The summed E-state index contributed by atoms with van der Waals surface area (Å²) in [7, 11) is 1.82. The molecule has 1 aliphatic rings. The van der Waals surface area contributed by atoms with E-state index >= 15 is 0 Å². The maximum absolute atomic E-state index is 4.63. The minimum Gasteiger partial charge on any atom is -0.356 e. The van der Waals surface area contributed by atoms with E-state index in [9.17, 15) is 0 Å². The number of hydrogen-bond acceptors (Lipinski definition) is 3. The highest BCUT2D eigenvalue weighted by Gasteiger charge is 2.20. The molecular weight excluding hydrogens is 256 g/mol. The summed E-state index contributed by atoms with van der Waals surface area (Å²) in [6.07, 6.45) is 3.68. The molecule has 0 bridgehead atoms. The van der Waals surface area contributed by atoms with E-state index in [1.54, 1.807) is 11.3 Å². The minimum absolute atomic E-state index is 0.527. The Balaban J connectivity index is 1.68. The Hall–Kier alpha value is -1.10. The van der Waals surface area contributed by atoms with Gasteiger partial charge in [0.25, 0.3) is 0 Å². The quantitative estimate of drug-likeness (QED) is 0.621. The van der Waals surface area contributed by atoms with Gasteiger partial charge in [-0.3, -0.25) is 4.99 Å². The van der Waals surface area contributed by atoms with Crippen molar-refractivity contribution < 1.29 is 0 Å². The molecule has 1 fully saturated rings. The van der Waals surface area contributed by atoms with Gasteiger partial charge in [0.05, 0.1) is 10.7 Å². The normalized spacial score (nSPS) is 15.9. The zero-order valence-electron chi connectivity index (χ0n) is 12.1. The molecule has 0 spiro atoms. The van der Waals surface area contributed by atoms with Crippen molar-refractivity contribution in [3.8, 4) is 0 Å². The molecule has 1 aliphatic carbocycles. The van der Waals surface area contributed by atoms with Crippen molar-refractivity contribution in [1.82, 2.24) is 15.6 Å². The molecule has 5 heteroatoms. The molecule has 0 unspecified atom stereocenters. The second kappa shape index (κ2) is 6.89. The standard InChI is InChI=1S/C14H24N4S/c1-10(2)13-18-12(9-19-13)6-7-16-14(15-3)17-8-11-4-5-11/h9-11H,4-8H2,1-3H3,(H2,15,16,17). The highest BCUT2D eigenvalue weighted by molar-refractivity contribution is 7.09. The van der Waals surface area contributed by atoms with Crippen LogP contribution in [0.4, 0.5) is 0 Å². The number of guanidine groups is 1. The van der Waals surface area contributed by atoms with E-state index in [1.807, 2.05) is 7.05 Å². The lowest BCUT2D eigenvalue weighted by Gasteiger charge is -2.10. The Morgan fingerprint density at radius 3 is 2.84 bits per heavy atom. The summed E-state index contributed by atoms with van der Waals surface area (Å²) in [5.74, 6) is 2.30. The molecule has 0 amide bonds. The van der Waals surface area contributed by atoms with Crippen LogP contribution in [0.2, 0.25) is 0 Å². The Bertz CT molecular complexity index is 421. The van der Waals surface area contributed by atoms with Gasteiger partial charge in [0.15, 0.2) is 5.96 Å². The molecule has 0 aromatic carbocycles. The van der Waals surface area contributed by atoms with E-state index in [0.717, 1.165) is 31.4 Å². The zero-order chi connectivity index (χ0) is 13.7. The monoisotopic (exact) mass is 280 g/mol. The fraction of sp³-hybridized carbons (Fsp3) is 0.714. The van der Waals surface area contributed by atoms with Crippen molar-refractivity contribution in [3.63, 3.8) is 0 Å². The highest BCUT2D eigenvalue weighted by Crippen LogP contribution is 2.27. The Morgan fingerprint density at radius 2 is 2.26 bits per heavy atom. The third-order valence-electron chi connectivity index (χ3n) is 3.22. The van der Waals surface area contributed by atoms with Crippen molar-refractivity contribution >= 4 is 17.3 Å². The first-order valence-electron chi connectivity index (χ1n) is 7.08. The lowest BCUT2D eigenvalue weighted by atomic mass is 10.2. The Morgan fingerprint density at radius 1 is 1.47 bits per heavy atom. The Kier molecular flexibility index (Phi) is 5.19. The summed E-state index contributed by atoms with van der Waals surface area (Å²) in [4.78, 5) is 8.86. The molecule has 2 rings (SSSR count). The highest BCUT2D eigenvalue weighted by atomic mass is 32.1. The van der Waals surface area contributed by atoms with Crippen LogP contribution in [0.3, 0.4) is 0 Å². The third kappa shape index (κ3) is 4.82. The van der Waals surface area contributed by atoms with Gasteiger partial charge >= 0.3 is 0 Å². The van der Waals surface area contributed by atoms with Crippen LogP contribution in [-0.4, -0.2) is 31.1 Å². The first-order valence-corrected chi connectivity index (χ1v) is 7.95. The van der Waals surface area contributed by atoms with Crippen LogP contribution in [0, 0.1) is 5.92 Å². The van der Waals surface area contributed by atoms with Crippen LogP contribution < -0.4 is 10.6 Å². The van der Waals surface area contributed by atoms with E-state index in [1.165, 1.54) is 23.5 Å². The average molecular weight is 280 g/mol. The average Bonchev–Trinajstić information content (AvgIpc) is 3.10. The molecule has 1 aromatic heterocycles. The van der Waals surface area contributed by atoms with Crippen LogP contribution in [0.25, 0.3) is 0 Å². The second-order valence-corrected chi connectivity index (χ2v) is 6.29. The van der Waals surface area contributed by atoms with Crippen molar-refractivity contribution in [2.24, 2.45) is 10.9 Å². The molecule has 106 valence electrons. The van der Waals surface area contributed by atoms with E-state index in [4.69, 9.17) is 0 Å². The maximum atomic E-state index is 4.63. The topological polar surface area (TPSA) is 49.3 Å². The smallest absolute Gasteiger partial charge is 0.190 e. The molecule has 4 nitrogen and oxygen atoms in total. The van der Waals surface area contributed by atoms with E-state index in [2.05, 4.69) is 39.8 Å². The van der Waals surface area contributed by atoms with Crippen molar-refractivity contribution in [2.45, 2.75) is 39.0 Å². The number of hydrogen-bond donors (Lipinski definition) is 2. The predicted molar refractivity (Wildman–Crippen MR) is 82.0 cm³/mol. The minimum atomic E-state index is 0.527. The SMILES string of the molecule is CN=C(NCCc1csc(C(C)C)n1)NCC1CC1. The molecular formula is C14H24N4S. The van der Waals surface area contributed by atoms with Gasteiger partial charge < -0.3 is 10.6 Å². The van der Waals surface area contributed by atoms with Gasteiger partial charge in [-0.2, -0.15) is 0 Å². The van der Waals surface area contributed by atoms with Crippen LogP contribution in [0.5, 0.6) is 0 Å². The first kappa shape index (κ1) is 14.3. The number of rotatable bonds is 6. The fourth-order valence-electron chi connectivity index (χ4n) is 1.80. The molecule has 1 aromatic rings. The lowest BCUT2D eigenvalue weighted by Crippen LogP contribution is -2.39. The van der Waals surface area contributed by atoms with Crippen LogP contribution >= 0.6 is 11.3 Å². The molecule has 19 heavy (non-hydrogen) atoms. The molecule has 0 saturated heterocycles. The lowest BCUT2D eigenvalue weighted by molar-refractivity contribution is 0.730. The summed E-state index contributed by atoms with van der Waals surface area (Å²) >= 11 is 1.76. The van der Waals surface area contributed by atoms with Gasteiger partial charge in [-0.05, 0) is 18.8 Å². The van der Waals surface area contributed by atoms with Gasteiger partial charge in [-0.1, -0.05) is 13.8 Å². The van der Waals surface area contributed by atoms with E-state index in [0.29, 0.717) is 5.92 Å². The molecule has 1 heterocycles. The zero-order valence-corrected chi connectivity index (χ0v) is 12.9. The summed E-state index contributed by atoms with van der Waals surface area (Å²) in [6, 6.07) is 0. The van der Waals surface area contributed by atoms with Crippen molar-refractivity contribution in [3.05, 3.63) is 16.1 Å². The van der Waals surface area contributed by atoms with Crippen LogP contribution in [-0.2, 0) is 6.42 Å². The molecule has 0 atom stereocenters. The summed E-state index contributed by atoms with van der Waals surface area (Å²) < 4.78 is 0. The van der Waals surface area contributed by atoms with Gasteiger partial charge in [-0.15, -0.1) is 11.3 Å². The predicted octanol–water partition coefficient (Wildman–Crippen LogP) is 2.38. The molecule has 1 saturated carbocycles. The largest absolute Gasteiger partial charge is 0.356 e. The number of aliphatic imine (C=N–C) groups is 1. The summed E-state index contributed by atoms with van der Waals surface area (Å²) in [5, 5.41) is 10.1. The van der Waals surface area contributed by atoms with E-state index < -0.39 is 0 Å². The van der Waals surface area contributed by atoms with Crippen molar-refractivity contribution in [1.29, 1.82) is 0 Å². The Labute approximate surface area is 119 Å². The molecule has 0 radical (unpaired) electrons. The fourth-order valence-corrected chi connectivity index (χ4v) is 2.66. The third-order valence-corrected chi connectivity index (χ3v) is 4.41.